The van der Waals surface area contributed by atoms with Gasteiger partial charge in [-0.2, -0.15) is 0 Å². The first-order valence-electron chi connectivity index (χ1n) is 9.81. The van der Waals surface area contributed by atoms with Crippen LogP contribution in [0.4, 0.5) is 0 Å². The number of β-amino-alcohol motifs (C(OH)–C–C–N with tert-alkyl or cyclic N) is 1. The summed E-state index contributed by atoms with van der Waals surface area (Å²) in [5, 5.41) is 13.8. The third-order valence-electron chi connectivity index (χ3n) is 6.34. The fraction of sp³-hybridized carbons (Fsp3) is 0.409. The number of likely N-dealkylation sites (tertiary alicyclic amines) is 1. The van der Waals surface area contributed by atoms with Crippen molar-refractivity contribution in [3.63, 3.8) is 0 Å². The van der Waals surface area contributed by atoms with Crippen LogP contribution in [0.3, 0.4) is 0 Å². The van der Waals surface area contributed by atoms with Gasteiger partial charge < -0.3 is 20.3 Å². The van der Waals surface area contributed by atoms with Gasteiger partial charge in [-0.25, -0.2) is 0 Å². The third kappa shape index (κ3) is 3.25. The fourth-order valence-corrected chi connectivity index (χ4v) is 4.92. The standard InChI is InChI=1S/C22H25N3O4/c1-13-8-9-16(20(28)24-13)21(29)25-11-18(27)22(12-25)17(10-23-14(2)26)19(22)15-6-4-3-5-7-15/h3-9,17-19,27H,10-12H2,1-2H3,(H,23,26)(H,24,28)/t17-,18+,19-,22-/m1/s1. The average Bonchev–Trinajstić information content (AvgIpc) is 3.20. The maximum Gasteiger partial charge on any atom is 0.260 e. The number of hydrogen-bond donors (Lipinski definition) is 3. The Morgan fingerprint density at radius 1 is 1.24 bits per heavy atom. The van der Waals surface area contributed by atoms with E-state index in [9.17, 15) is 19.5 Å². The smallest absolute Gasteiger partial charge is 0.260 e. The molecule has 4 atom stereocenters. The molecule has 4 rings (SSSR count). The number of aliphatic hydroxyl groups excluding tert-OH is 1. The molecule has 0 bridgehead atoms. The highest BCUT2D eigenvalue weighted by molar-refractivity contribution is 5.94. The molecule has 0 radical (unpaired) electrons. The second-order valence-corrected chi connectivity index (χ2v) is 8.13. The molecule has 1 saturated heterocycles. The number of H-pyrrole nitrogens is 1. The Hall–Kier alpha value is -2.93. The summed E-state index contributed by atoms with van der Waals surface area (Å²) in [6.45, 7) is 4.19. The summed E-state index contributed by atoms with van der Waals surface area (Å²) in [7, 11) is 0. The van der Waals surface area contributed by atoms with E-state index in [2.05, 4.69) is 10.3 Å². The summed E-state index contributed by atoms with van der Waals surface area (Å²) >= 11 is 0. The Kier molecular flexibility index (Phi) is 4.78. The number of rotatable bonds is 4. The number of nitrogens with one attached hydrogen (secondary N) is 2. The van der Waals surface area contributed by atoms with Crippen molar-refractivity contribution in [3.05, 3.63) is 69.6 Å². The number of aromatic amines is 1. The van der Waals surface area contributed by atoms with Gasteiger partial charge >= 0.3 is 0 Å². The molecule has 2 amide bonds. The van der Waals surface area contributed by atoms with Crippen LogP contribution in [-0.4, -0.2) is 52.5 Å². The van der Waals surface area contributed by atoms with Crippen molar-refractivity contribution >= 4 is 11.8 Å². The summed E-state index contributed by atoms with van der Waals surface area (Å²) in [5.74, 6) is -0.429. The molecule has 7 heteroatoms. The van der Waals surface area contributed by atoms with Crippen LogP contribution in [0.15, 0.2) is 47.3 Å². The van der Waals surface area contributed by atoms with Gasteiger partial charge in [0.15, 0.2) is 0 Å². The fourth-order valence-electron chi connectivity index (χ4n) is 4.92. The van der Waals surface area contributed by atoms with Crippen molar-refractivity contribution in [2.24, 2.45) is 11.3 Å². The van der Waals surface area contributed by atoms with Crippen LogP contribution in [0.5, 0.6) is 0 Å². The number of aryl methyl sites for hydroxylation is 1. The quantitative estimate of drug-likeness (QED) is 0.720. The molecule has 1 spiro atoms. The van der Waals surface area contributed by atoms with E-state index in [1.165, 1.54) is 13.0 Å². The maximum atomic E-state index is 13.0. The molecule has 29 heavy (non-hydrogen) atoms. The zero-order valence-corrected chi connectivity index (χ0v) is 16.5. The Labute approximate surface area is 168 Å². The lowest BCUT2D eigenvalue weighted by atomic mass is 9.95. The lowest BCUT2D eigenvalue weighted by Crippen LogP contribution is -2.34. The van der Waals surface area contributed by atoms with E-state index >= 15 is 0 Å². The second kappa shape index (κ2) is 7.15. The van der Waals surface area contributed by atoms with Crippen LogP contribution in [0.2, 0.25) is 0 Å². The van der Waals surface area contributed by atoms with Gasteiger partial charge in [-0.05, 0) is 36.5 Å². The molecule has 2 aliphatic rings. The Morgan fingerprint density at radius 2 is 1.97 bits per heavy atom. The predicted octanol–water partition coefficient (Wildman–Crippen LogP) is 1.04. The molecular weight excluding hydrogens is 370 g/mol. The monoisotopic (exact) mass is 395 g/mol. The summed E-state index contributed by atoms with van der Waals surface area (Å²) in [6.07, 6.45) is -0.722. The van der Waals surface area contributed by atoms with E-state index in [1.54, 1.807) is 17.9 Å². The SMILES string of the molecule is CC(=O)NC[C@@H]1[C@@H](c2ccccc2)[C@]12CN(C(=O)c1ccc(C)[nH]c1=O)C[C@@H]2O. The highest BCUT2D eigenvalue weighted by Crippen LogP contribution is 2.68. The van der Waals surface area contributed by atoms with E-state index in [-0.39, 0.29) is 35.8 Å². The number of carbonyl (C=O) groups excluding carboxylic acids is 2. The van der Waals surface area contributed by atoms with Gasteiger partial charge in [0.25, 0.3) is 11.5 Å². The largest absolute Gasteiger partial charge is 0.391 e. The molecule has 0 unspecified atom stereocenters. The predicted molar refractivity (Wildman–Crippen MR) is 107 cm³/mol. The van der Waals surface area contributed by atoms with Crippen LogP contribution < -0.4 is 10.9 Å². The molecule has 1 aromatic carbocycles. The Bertz CT molecular complexity index is 1000. The van der Waals surface area contributed by atoms with E-state index in [0.717, 1.165) is 5.56 Å². The highest BCUT2D eigenvalue weighted by atomic mass is 16.3. The molecular formula is C22H25N3O4. The second-order valence-electron chi connectivity index (χ2n) is 8.13. The zero-order chi connectivity index (χ0) is 20.8. The van der Waals surface area contributed by atoms with E-state index in [4.69, 9.17) is 0 Å². The van der Waals surface area contributed by atoms with Crippen molar-refractivity contribution in [1.82, 2.24) is 15.2 Å². The van der Waals surface area contributed by atoms with Gasteiger partial charge in [0.2, 0.25) is 5.91 Å². The first-order chi connectivity index (χ1) is 13.8. The van der Waals surface area contributed by atoms with Gasteiger partial charge in [0, 0.05) is 37.7 Å². The molecule has 7 nitrogen and oxygen atoms in total. The first-order valence-corrected chi connectivity index (χ1v) is 9.81. The van der Waals surface area contributed by atoms with Crippen LogP contribution in [0.25, 0.3) is 0 Å². The first kappa shape index (κ1) is 19.4. The molecule has 2 heterocycles. The zero-order valence-electron chi connectivity index (χ0n) is 16.5. The summed E-state index contributed by atoms with van der Waals surface area (Å²) in [4.78, 5) is 40.9. The molecule has 3 N–H and O–H groups in total. The number of pyridine rings is 1. The van der Waals surface area contributed by atoms with E-state index < -0.39 is 17.1 Å². The number of aliphatic hydroxyl groups is 1. The summed E-state index contributed by atoms with van der Waals surface area (Å²) in [5.41, 5.74) is 0.915. The van der Waals surface area contributed by atoms with Crippen LogP contribution in [0, 0.1) is 18.3 Å². The lowest BCUT2D eigenvalue weighted by molar-refractivity contribution is -0.119. The van der Waals surface area contributed by atoms with Crippen molar-refractivity contribution in [1.29, 1.82) is 0 Å². The van der Waals surface area contributed by atoms with Crippen LogP contribution in [-0.2, 0) is 4.79 Å². The van der Waals surface area contributed by atoms with Crippen LogP contribution in [0.1, 0.15) is 34.5 Å². The minimum atomic E-state index is -0.722. The molecule has 2 fully saturated rings. The number of benzene rings is 1. The normalized spacial score (nSPS) is 27.8. The van der Waals surface area contributed by atoms with E-state index in [1.807, 2.05) is 30.3 Å². The minimum absolute atomic E-state index is 0.0258. The highest BCUT2D eigenvalue weighted by Gasteiger charge is 2.71. The van der Waals surface area contributed by atoms with Gasteiger partial charge in [0.05, 0.1) is 6.10 Å². The van der Waals surface area contributed by atoms with Crippen LogP contribution >= 0.6 is 0 Å². The minimum Gasteiger partial charge on any atom is -0.391 e. The molecule has 1 aliphatic heterocycles. The van der Waals surface area contributed by atoms with Crippen molar-refractivity contribution in [2.45, 2.75) is 25.9 Å². The number of nitrogens with zero attached hydrogens (tertiary/aromatic N) is 1. The van der Waals surface area contributed by atoms with Gasteiger partial charge in [-0.1, -0.05) is 30.3 Å². The Morgan fingerprint density at radius 3 is 2.62 bits per heavy atom. The van der Waals surface area contributed by atoms with Gasteiger partial charge in [-0.3, -0.25) is 14.4 Å². The lowest BCUT2D eigenvalue weighted by Gasteiger charge is -2.17. The summed E-state index contributed by atoms with van der Waals surface area (Å²) in [6, 6.07) is 13.1. The van der Waals surface area contributed by atoms with Crippen molar-refractivity contribution in [2.75, 3.05) is 19.6 Å². The van der Waals surface area contributed by atoms with Gasteiger partial charge in [-0.15, -0.1) is 0 Å². The summed E-state index contributed by atoms with van der Waals surface area (Å²) < 4.78 is 0. The van der Waals surface area contributed by atoms with Crippen molar-refractivity contribution < 1.29 is 14.7 Å². The maximum absolute atomic E-state index is 13.0. The number of amides is 2. The van der Waals surface area contributed by atoms with E-state index in [0.29, 0.717) is 18.8 Å². The number of carbonyl (C=O) groups is 2. The van der Waals surface area contributed by atoms with Crippen molar-refractivity contribution in [3.8, 4) is 0 Å². The molecule has 152 valence electrons. The third-order valence-corrected chi connectivity index (χ3v) is 6.34. The molecule has 2 aromatic rings. The topological polar surface area (TPSA) is 103 Å². The molecule has 1 aromatic heterocycles. The number of hydrogen-bond acceptors (Lipinski definition) is 4. The molecule has 1 aliphatic carbocycles. The van der Waals surface area contributed by atoms with Gasteiger partial charge in [0.1, 0.15) is 5.56 Å². The average molecular weight is 395 g/mol. The number of aromatic nitrogens is 1. The molecule has 1 saturated carbocycles. The Balaban J connectivity index is 1.61.